The van der Waals surface area contributed by atoms with E-state index in [1.165, 1.54) is 35.8 Å². The number of carbonyl (C=O) groups is 5. The van der Waals surface area contributed by atoms with Crippen LogP contribution in [0.1, 0.15) is 33.4 Å². The third-order valence-electron chi connectivity index (χ3n) is 4.85. The molecule has 1 fully saturated rings. The molecule has 0 radical (unpaired) electrons. The Balaban J connectivity index is 1.82. The van der Waals surface area contributed by atoms with Gasteiger partial charge in [-0.3, -0.25) is 19.3 Å². The molecule has 0 saturated carbocycles. The molecular formula is C21H25N5O8S3. The lowest BCUT2D eigenvalue weighted by atomic mass is 10.0. The number of rotatable bonds is 10. The second kappa shape index (κ2) is 11.5. The third kappa shape index (κ3) is 6.42. The Labute approximate surface area is 224 Å². The van der Waals surface area contributed by atoms with Crippen molar-refractivity contribution in [3.63, 3.8) is 0 Å². The molecule has 3 amide bonds. The number of thioether (sulfide) groups is 2. The Kier molecular flexibility index (Phi) is 8.86. The lowest BCUT2D eigenvalue weighted by Gasteiger charge is -2.49. The number of anilines is 1. The van der Waals surface area contributed by atoms with Gasteiger partial charge in [0.15, 0.2) is 10.8 Å². The quantitative estimate of drug-likeness (QED) is 0.121. The van der Waals surface area contributed by atoms with E-state index in [0.717, 1.165) is 16.2 Å². The SMILES string of the molecule is CSC1=C(C(=O)O)N2C(=O)C(NC(=O)/C(=N/OC(C)C(=O)OC(C)(C)C)c3csc(NC=O)n3)[C@H]2SC1. The molecule has 16 heteroatoms. The number of aromatic nitrogens is 1. The van der Waals surface area contributed by atoms with Crippen LogP contribution in [0.4, 0.5) is 5.13 Å². The predicted octanol–water partition coefficient (Wildman–Crippen LogP) is 1.22. The normalized spacial score (nSPS) is 20.4. The van der Waals surface area contributed by atoms with Crippen LogP contribution in [-0.2, 0) is 33.5 Å². The van der Waals surface area contributed by atoms with Gasteiger partial charge in [0.1, 0.15) is 28.4 Å². The summed E-state index contributed by atoms with van der Waals surface area (Å²) < 4.78 is 5.24. The second-order valence-corrected chi connectivity index (χ2v) is 11.5. The van der Waals surface area contributed by atoms with Gasteiger partial charge in [0.25, 0.3) is 11.8 Å². The molecule has 0 aromatic carbocycles. The summed E-state index contributed by atoms with van der Waals surface area (Å²) in [5, 5.41) is 19.3. The third-order valence-corrected chi connectivity index (χ3v) is 7.92. The number of ether oxygens (including phenoxy) is 1. The monoisotopic (exact) mass is 571 g/mol. The van der Waals surface area contributed by atoms with E-state index in [2.05, 4.69) is 20.8 Å². The maximum atomic E-state index is 13.2. The van der Waals surface area contributed by atoms with E-state index < -0.39 is 46.9 Å². The maximum absolute atomic E-state index is 13.2. The molecule has 1 aromatic heterocycles. The predicted molar refractivity (Wildman–Crippen MR) is 138 cm³/mol. The molecule has 2 aliphatic rings. The number of β-lactam (4-membered cyclic amide) rings is 1. The summed E-state index contributed by atoms with van der Waals surface area (Å²) in [6.45, 7) is 6.45. The molecule has 0 spiro atoms. The molecule has 0 aliphatic carbocycles. The minimum Gasteiger partial charge on any atom is -0.477 e. The van der Waals surface area contributed by atoms with Crippen molar-refractivity contribution in [2.45, 2.75) is 50.8 Å². The zero-order valence-electron chi connectivity index (χ0n) is 20.5. The van der Waals surface area contributed by atoms with Crippen molar-refractivity contribution in [3.05, 3.63) is 21.7 Å². The summed E-state index contributed by atoms with van der Waals surface area (Å²) in [6.07, 6.45) is 0.973. The average molecular weight is 572 g/mol. The van der Waals surface area contributed by atoms with E-state index in [9.17, 15) is 29.1 Å². The Morgan fingerprint density at radius 2 is 2.08 bits per heavy atom. The van der Waals surface area contributed by atoms with Crippen LogP contribution in [0.2, 0.25) is 0 Å². The number of fused-ring (bicyclic) bond motifs is 1. The van der Waals surface area contributed by atoms with Gasteiger partial charge in [-0.2, -0.15) is 0 Å². The van der Waals surface area contributed by atoms with Crippen molar-refractivity contribution in [3.8, 4) is 0 Å². The molecule has 3 atom stereocenters. The topological polar surface area (TPSA) is 177 Å². The van der Waals surface area contributed by atoms with Gasteiger partial charge in [-0.15, -0.1) is 34.9 Å². The summed E-state index contributed by atoms with van der Waals surface area (Å²) in [5.74, 6) is -2.99. The van der Waals surface area contributed by atoms with Gasteiger partial charge in [0, 0.05) is 16.0 Å². The zero-order valence-corrected chi connectivity index (χ0v) is 22.9. The number of hydrogen-bond donors (Lipinski definition) is 3. The molecule has 1 saturated heterocycles. The van der Waals surface area contributed by atoms with E-state index in [-0.39, 0.29) is 22.2 Å². The smallest absolute Gasteiger partial charge is 0.353 e. The Bertz CT molecular complexity index is 1180. The van der Waals surface area contributed by atoms with Crippen LogP contribution < -0.4 is 10.6 Å². The number of hydrogen-bond acceptors (Lipinski definition) is 12. The minimum atomic E-state index is -1.22. The molecule has 200 valence electrons. The van der Waals surface area contributed by atoms with E-state index in [1.54, 1.807) is 27.0 Å². The second-order valence-electron chi connectivity index (χ2n) is 8.66. The molecule has 3 N–H and O–H groups in total. The highest BCUT2D eigenvalue weighted by molar-refractivity contribution is 8.05. The van der Waals surface area contributed by atoms with Crippen molar-refractivity contribution in [1.82, 2.24) is 15.2 Å². The van der Waals surface area contributed by atoms with Crippen molar-refractivity contribution in [2.24, 2.45) is 5.16 Å². The molecular weight excluding hydrogens is 546 g/mol. The highest BCUT2D eigenvalue weighted by atomic mass is 32.2. The fourth-order valence-corrected chi connectivity index (χ4v) is 6.12. The number of nitrogens with one attached hydrogen (secondary N) is 2. The van der Waals surface area contributed by atoms with Crippen LogP contribution in [0.3, 0.4) is 0 Å². The Morgan fingerprint density at radius 1 is 1.38 bits per heavy atom. The summed E-state index contributed by atoms with van der Waals surface area (Å²) in [5.41, 5.74) is -1.19. The summed E-state index contributed by atoms with van der Waals surface area (Å²) in [7, 11) is 0. The van der Waals surface area contributed by atoms with Crippen molar-refractivity contribution in [1.29, 1.82) is 0 Å². The molecule has 1 aromatic rings. The van der Waals surface area contributed by atoms with E-state index in [1.807, 2.05) is 0 Å². The minimum absolute atomic E-state index is 0.0268. The van der Waals surface area contributed by atoms with Crippen molar-refractivity contribution >= 4 is 75.9 Å². The standard InChI is InChI=1S/C21H25N5O8S3/c1-9(19(32)33-21(2,3)4)34-25-12(10-6-37-20(23-10)22-8-27)15(28)24-13-16(29)26-14(18(30)31)11(35-5)7-36-17(13)26/h6,8-9,13,17H,7H2,1-5H3,(H,24,28)(H,30,31)(H,22,23,27)/b25-12+/t9?,13?,17-/m1/s1. The fourth-order valence-electron chi connectivity index (χ4n) is 3.22. The number of esters is 1. The van der Waals surface area contributed by atoms with Gasteiger partial charge >= 0.3 is 11.9 Å². The maximum Gasteiger partial charge on any atom is 0.353 e. The van der Waals surface area contributed by atoms with Gasteiger partial charge in [-0.1, -0.05) is 5.16 Å². The number of aliphatic carboxylic acids is 1. The fraction of sp³-hybridized carbons (Fsp3) is 0.476. The molecule has 37 heavy (non-hydrogen) atoms. The van der Waals surface area contributed by atoms with Gasteiger partial charge in [0.05, 0.1) is 0 Å². The highest BCUT2D eigenvalue weighted by Gasteiger charge is 2.54. The van der Waals surface area contributed by atoms with Crippen molar-refractivity contribution < 1.29 is 38.7 Å². The van der Waals surface area contributed by atoms with E-state index in [0.29, 0.717) is 17.1 Å². The first kappa shape index (κ1) is 28.5. The molecule has 3 rings (SSSR count). The van der Waals surface area contributed by atoms with Crippen LogP contribution in [0.15, 0.2) is 21.1 Å². The number of thiazole rings is 1. The lowest BCUT2D eigenvalue weighted by Crippen LogP contribution is -2.71. The number of nitrogens with zero attached hydrogens (tertiary/aromatic N) is 3. The van der Waals surface area contributed by atoms with Crippen LogP contribution >= 0.6 is 34.9 Å². The van der Waals surface area contributed by atoms with Crippen LogP contribution in [0.5, 0.6) is 0 Å². The first-order chi connectivity index (χ1) is 17.4. The lowest BCUT2D eigenvalue weighted by molar-refractivity contribution is -0.167. The van der Waals surface area contributed by atoms with E-state index in [4.69, 9.17) is 9.57 Å². The Morgan fingerprint density at radius 3 is 2.68 bits per heavy atom. The molecule has 2 aliphatic heterocycles. The summed E-state index contributed by atoms with van der Waals surface area (Å²) in [6, 6.07) is -1.02. The molecule has 3 heterocycles. The average Bonchev–Trinajstić information content (AvgIpc) is 3.28. The molecule has 13 nitrogen and oxygen atoms in total. The first-order valence-corrected chi connectivity index (χ1v) is 13.9. The highest BCUT2D eigenvalue weighted by Crippen LogP contribution is 2.42. The largest absolute Gasteiger partial charge is 0.477 e. The zero-order chi connectivity index (χ0) is 27.5. The number of carboxylic acids is 1. The summed E-state index contributed by atoms with van der Waals surface area (Å²) >= 11 is 3.59. The van der Waals surface area contributed by atoms with Crippen molar-refractivity contribution in [2.75, 3.05) is 17.3 Å². The number of carboxylic acid groups (broad SMARTS) is 1. The summed E-state index contributed by atoms with van der Waals surface area (Å²) in [4.78, 5) is 71.9. The Hall–Kier alpha value is -3.11. The number of amides is 3. The van der Waals surface area contributed by atoms with Crippen LogP contribution in [-0.4, -0.2) is 86.0 Å². The molecule has 0 bridgehead atoms. The van der Waals surface area contributed by atoms with Gasteiger partial charge in [-0.05, 0) is 34.0 Å². The van der Waals surface area contributed by atoms with Crippen LogP contribution in [0.25, 0.3) is 0 Å². The van der Waals surface area contributed by atoms with Crippen LogP contribution in [0, 0.1) is 0 Å². The van der Waals surface area contributed by atoms with Gasteiger partial charge in [-0.25, -0.2) is 14.6 Å². The number of carbonyl (C=O) groups excluding carboxylic acids is 4. The first-order valence-electron chi connectivity index (χ1n) is 10.8. The number of oxime groups is 1. The van der Waals surface area contributed by atoms with E-state index >= 15 is 0 Å². The van der Waals surface area contributed by atoms with Gasteiger partial charge < -0.3 is 25.3 Å². The van der Waals surface area contributed by atoms with Gasteiger partial charge in [0.2, 0.25) is 12.5 Å². The molecule has 2 unspecified atom stereocenters.